The Morgan fingerprint density at radius 2 is 1.11 bits per heavy atom. The van der Waals surface area contributed by atoms with Gasteiger partial charge in [0.2, 0.25) is 0 Å². The van der Waals surface area contributed by atoms with Crippen LogP contribution in [0.25, 0.3) is 83.8 Å². The molecule has 268 valence electrons. The van der Waals surface area contributed by atoms with Gasteiger partial charge in [-0.2, -0.15) is 0 Å². The lowest BCUT2D eigenvalue weighted by atomic mass is 9.75. The predicted octanol–water partition coefficient (Wildman–Crippen LogP) is 12.4. The van der Waals surface area contributed by atoms with Gasteiger partial charge in [-0.15, -0.1) is 0 Å². The van der Waals surface area contributed by atoms with Crippen LogP contribution in [0.3, 0.4) is 0 Å². The molecule has 0 bridgehead atoms. The topological polar surface area (TPSA) is 56.5 Å². The zero-order chi connectivity index (χ0) is 37.7. The number of pyridine rings is 4. The summed E-state index contributed by atoms with van der Waals surface area (Å²) < 4.78 is 2.28. The van der Waals surface area contributed by atoms with E-state index in [4.69, 9.17) is 9.97 Å². The predicted molar refractivity (Wildman–Crippen MR) is 231 cm³/mol. The van der Waals surface area contributed by atoms with E-state index in [1.54, 1.807) is 12.4 Å². The fourth-order valence-corrected chi connectivity index (χ4v) is 8.64. The van der Waals surface area contributed by atoms with Gasteiger partial charge in [-0.25, -0.2) is 9.97 Å². The Morgan fingerprint density at radius 3 is 1.86 bits per heavy atom. The van der Waals surface area contributed by atoms with Gasteiger partial charge in [-0.05, 0) is 129 Å². The maximum absolute atomic E-state index is 4.96. The molecule has 1 aliphatic carbocycles. The Labute approximate surface area is 330 Å². The number of nitrogens with zero attached hydrogens (tertiary/aromatic N) is 5. The van der Waals surface area contributed by atoms with Crippen molar-refractivity contribution in [2.24, 2.45) is 0 Å². The quantitative estimate of drug-likeness (QED) is 0.171. The van der Waals surface area contributed by atoms with Gasteiger partial charge in [-0.3, -0.25) is 14.5 Å². The molecule has 1 aliphatic rings. The first-order valence-electron chi connectivity index (χ1n) is 19.4. The van der Waals surface area contributed by atoms with E-state index in [1.807, 2.05) is 48.7 Å². The van der Waals surface area contributed by atoms with Crippen molar-refractivity contribution >= 4 is 21.9 Å². The van der Waals surface area contributed by atoms with Crippen molar-refractivity contribution in [3.63, 3.8) is 0 Å². The molecule has 5 heteroatoms. The van der Waals surface area contributed by atoms with E-state index in [-0.39, 0.29) is 0 Å². The number of rotatable bonds is 6. The molecular formula is C52H35N5. The van der Waals surface area contributed by atoms with Gasteiger partial charge in [0.05, 0.1) is 28.3 Å². The molecule has 5 heterocycles. The van der Waals surface area contributed by atoms with E-state index in [2.05, 4.69) is 148 Å². The Kier molecular flexibility index (Phi) is 7.88. The summed E-state index contributed by atoms with van der Waals surface area (Å²) in [5.41, 5.74) is 17.7. The van der Waals surface area contributed by atoms with Gasteiger partial charge in [0, 0.05) is 41.0 Å². The lowest BCUT2D eigenvalue weighted by Gasteiger charge is -2.29. The minimum absolute atomic E-state index is 0.326. The average molecular weight is 730 g/mol. The fraction of sp³-hybridized carbons (Fsp3) is 0.0385. The smallest absolute Gasteiger partial charge is 0.145 e. The summed E-state index contributed by atoms with van der Waals surface area (Å²) in [5, 5.41) is 2.31. The molecule has 0 amide bonds. The van der Waals surface area contributed by atoms with Crippen molar-refractivity contribution in [2.45, 2.75) is 12.3 Å². The molecule has 10 aromatic rings. The molecule has 0 aliphatic heterocycles. The third-order valence-corrected chi connectivity index (χ3v) is 11.4. The molecule has 0 fully saturated rings. The van der Waals surface area contributed by atoms with Crippen molar-refractivity contribution in [3.05, 3.63) is 211 Å². The van der Waals surface area contributed by atoms with Gasteiger partial charge < -0.3 is 0 Å². The second kappa shape index (κ2) is 13.7. The Morgan fingerprint density at radius 1 is 0.439 bits per heavy atom. The number of benzene rings is 5. The van der Waals surface area contributed by atoms with Crippen LogP contribution in [0.1, 0.15) is 22.6 Å². The molecule has 0 spiro atoms. The molecule has 11 rings (SSSR count). The van der Waals surface area contributed by atoms with E-state index in [1.165, 1.54) is 44.3 Å². The van der Waals surface area contributed by atoms with E-state index in [0.717, 1.165) is 62.6 Å². The maximum Gasteiger partial charge on any atom is 0.145 e. The first-order chi connectivity index (χ1) is 28.2. The highest BCUT2D eigenvalue weighted by molar-refractivity contribution is 6.09. The van der Waals surface area contributed by atoms with Crippen LogP contribution < -0.4 is 0 Å². The zero-order valence-electron chi connectivity index (χ0n) is 31.0. The lowest BCUT2D eigenvalue weighted by molar-refractivity contribution is 0.794. The number of hydrogen-bond acceptors (Lipinski definition) is 4. The van der Waals surface area contributed by atoms with Crippen molar-refractivity contribution in [1.29, 1.82) is 0 Å². The van der Waals surface area contributed by atoms with Crippen LogP contribution >= 0.6 is 0 Å². The van der Waals surface area contributed by atoms with Crippen molar-refractivity contribution in [1.82, 2.24) is 24.5 Å². The second-order valence-corrected chi connectivity index (χ2v) is 14.7. The maximum atomic E-state index is 4.96. The highest BCUT2D eigenvalue weighted by atomic mass is 15.0. The minimum Gasteiger partial charge on any atom is -0.294 e. The van der Waals surface area contributed by atoms with Gasteiger partial charge in [0.25, 0.3) is 0 Å². The van der Waals surface area contributed by atoms with Crippen LogP contribution in [0, 0.1) is 0 Å². The van der Waals surface area contributed by atoms with E-state index in [9.17, 15) is 0 Å². The molecule has 5 aromatic heterocycles. The summed E-state index contributed by atoms with van der Waals surface area (Å²) >= 11 is 0. The molecule has 5 aromatic carbocycles. The van der Waals surface area contributed by atoms with Crippen LogP contribution in [0.5, 0.6) is 0 Å². The molecule has 0 saturated carbocycles. The molecule has 5 nitrogen and oxygen atoms in total. The molecule has 0 saturated heterocycles. The summed E-state index contributed by atoms with van der Waals surface area (Å²) in [6.45, 7) is 0. The van der Waals surface area contributed by atoms with Gasteiger partial charge >= 0.3 is 0 Å². The van der Waals surface area contributed by atoms with Crippen LogP contribution in [0.15, 0.2) is 195 Å². The largest absolute Gasteiger partial charge is 0.294 e. The number of aromatic nitrogens is 5. The molecule has 0 N–H and O–H groups in total. The van der Waals surface area contributed by atoms with Gasteiger partial charge in [-0.1, -0.05) is 103 Å². The standard InChI is InChI=1S/C52H35N5/c1-2-11-35(12-3-1)45-31-39-29-36(20-24-41(39)42-13-4-5-14-43(42)45)37-21-25-51-46(30-37)44-15-10-28-55-52(44)57(51)40-22-18-34(19-23-40)38-32-49(47-16-6-8-26-53-47)56-50(33-38)48-17-7-9-27-54-48/h1-30,32-33,45H,31H2/t45-/m1/s1. The monoisotopic (exact) mass is 729 g/mol. The third-order valence-electron chi connectivity index (χ3n) is 11.4. The zero-order valence-corrected chi connectivity index (χ0v) is 31.0. The Bertz CT molecular complexity index is 3020. The van der Waals surface area contributed by atoms with Crippen LogP contribution in [-0.2, 0) is 6.42 Å². The SMILES string of the molecule is c1ccc([C@H]2Cc3cc(-c4ccc5c(c4)c4cccnc4n5-c4ccc(-c5cc(-c6ccccn6)nc(-c6ccccn6)c5)cc4)ccc3-c3ccccc32)cc1. The molecule has 1 atom stereocenters. The van der Waals surface area contributed by atoms with Crippen LogP contribution in [0.4, 0.5) is 0 Å². The normalized spacial score (nSPS) is 13.4. The second-order valence-electron chi connectivity index (χ2n) is 14.7. The summed E-state index contributed by atoms with van der Waals surface area (Å²) in [6.07, 6.45) is 6.45. The summed E-state index contributed by atoms with van der Waals surface area (Å²) in [5.74, 6) is 0.326. The summed E-state index contributed by atoms with van der Waals surface area (Å²) in [6, 6.07) is 62.7. The molecule has 57 heavy (non-hydrogen) atoms. The number of fused-ring (bicyclic) bond motifs is 6. The first-order valence-corrected chi connectivity index (χ1v) is 19.4. The lowest BCUT2D eigenvalue weighted by Crippen LogP contribution is -2.12. The van der Waals surface area contributed by atoms with E-state index >= 15 is 0 Å². The summed E-state index contributed by atoms with van der Waals surface area (Å²) in [7, 11) is 0. The highest BCUT2D eigenvalue weighted by Crippen LogP contribution is 2.44. The van der Waals surface area contributed by atoms with Gasteiger partial charge in [0.1, 0.15) is 5.65 Å². The first kappa shape index (κ1) is 32.9. The van der Waals surface area contributed by atoms with Crippen molar-refractivity contribution in [2.75, 3.05) is 0 Å². The van der Waals surface area contributed by atoms with Crippen LogP contribution in [0.2, 0.25) is 0 Å². The Balaban J connectivity index is 0.978. The van der Waals surface area contributed by atoms with E-state index < -0.39 is 0 Å². The van der Waals surface area contributed by atoms with Crippen LogP contribution in [-0.4, -0.2) is 24.5 Å². The van der Waals surface area contributed by atoms with E-state index in [0.29, 0.717) is 5.92 Å². The third kappa shape index (κ3) is 5.80. The fourth-order valence-electron chi connectivity index (χ4n) is 8.64. The summed E-state index contributed by atoms with van der Waals surface area (Å²) in [4.78, 5) is 19.1. The minimum atomic E-state index is 0.326. The molecular weight excluding hydrogens is 695 g/mol. The molecule has 0 unspecified atom stereocenters. The highest BCUT2D eigenvalue weighted by Gasteiger charge is 2.26. The van der Waals surface area contributed by atoms with Crippen molar-refractivity contribution in [3.8, 4) is 61.8 Å². The Hall–Kier alpha value is -7.50. The van der Waals surface area contributed by atoms with Gasteiger partial charge in [0.15, 0.2) is 0 Å². The van der Waals surface area contributed by atoms with Crippen molar-refractivity contribution < 1.29 is 0 Å². The molecule has 0 radical (unpaired) electrons. The average Bonchev–Trinajstić information content (AvgIpc) is 3.63. The number of hydrogen-bond donors (Lipinski definition) is 0.